The van der Waals surface area contributed by atoms with Gasteiger partial charge in [0, 0.05) is 24.3 Å². The van der Waals surface area contributed by atoms with Gasteiger partial charge in [-0.2, -0.15) is 0 Å². The topological polar surface area (TPSA) is 41.9 Å². The molecule has 0 atom stereocenters. The number of hydrogen-bond donors (Lipinski definition) is 0. The van der Waals surface area contributed by atoms with E-state index in [1.807, 2.05) is 38.1 Å². The summed E-state index contributed by atoms with van der Waals surface area (Å²) in [6.45, 7) is 3.89. The van der Waals surface area contributed by atoms with Crippen LogP contribution in [0.5, 0.6) is 0 Å². The number of carbonyl (C=O) groups excluding carboxylic acids is 2. The molecule has 0 unspecified atom stereocenters. The maximum absolute atomic E-state index is 11.9. The quantitative estimate of drug-likeness (QED) is 0.599. The standard InChI is InChI=1S/C15H16N2O2/c1-12-3-7-16(8-4-12)14(18)11-15(19)17-9-5-13(2)6-10-17/h3-10H,11H2,1-2H3/q+2. The molecule has 0 saturated carbocycles. The van der Waals surface area contributed by atoms with Crippen LogP contribution >= 0.6 is 0 Å². The molecule has 0 aliphatic rings. The summed E-state index contributed by atoms with van der Waals surface area (Å²) in [7, 11) is 0. The SMILES string of the molecule is Cc1cc[n+](C(=O)CC(=O)[n+]2ccc(C)cc2)cc1. The van der Waals surface area contributed by atoms with Crippen molar-refractivity contribution in [3.8, 4) is 0 Å². The molecule has 0 N–H and O–H groups in total. The Morgan fingerprint density at radius 3 is 1.42 bits per heavy atom. The van der Waals surface area contributed by atoms with Gasteiger partial charge in [-0.25, -0.2) is 9.59 Å². The van der Waals surface area contributed by atoms with E-state index in [0.29, 0.717) is 0 Å². The molecule has 0 radical (unpaired) electrons. The molecule has 2 aromatic rings. The minimum atomic E-state index is -0.238. The molecule has 2 rings (SSSR count). The number of aromatic nitrogens is 2. The maximum atomic E-state index is 11.9. The zero-order valence-electron chi connectivity index (χ0n) is 11.0. The van der Waals surface area contributed by atoms with Gasteiger partial charge in [-0.3, -0.25) is 0 Å². The van der Waals surface area contributed by atoms with Gasteiger partial charge in [-0.05, 0) is 25.0 Å². The van der Waals surface area contributed by atoms with Gasteiger partial charge in [0.2, 0.25) is 6.42 Å². The van der Waals surface area contributed by atoms with Crippen LogP contribution in [-0.4, -0.2) is 11.8 Å². The lowest BCUT2D eigenvalue weighted by Crippen LogP contribution is -2.49. The summed E-state index contributed by atoms with van der Waals surface area (Å²) in [4.78, 5) is 23.9. The van der Waals surface area contributed by atoms with E-state index in [-0.39, 0.29) is 18.2 Å². The molecular formula is C15H16N2O2+2. The number of hydrogen-bond acceptors (Lipinski definition) is 2. The molecular weight excluding hydrogens is 240 g/mol. The molecule has 0 bridgehead atoms. The van der Waals surface area contributed by atoms with Crippen LogP contribution in [0.15, 0.2) is 49.1 Å². The highest BCUT2D eigenvalue weighted by atomic mass is 16.2. The van der Waals surface area contributed by atoms with E-state index >= 15 is 0 Å². The molecule has 0 fully saturated rings. The van der Waals surface area contributed by atoms with Crippen molar-refractivity contribution in [3.05, 3.63) is 60.2 Å². The van der Waals surface area contributed by atoms with Gasteiger partial charge >= 0.3 is 11.8 Å². The van der Waals surface area contributed by atoms with E-state index in [1.54, 1.807) is 24.8 Å². The van der Waals surface area contributed by atoms with Gasteiger partial charge in [0.25, 0.3) is 0 Å². The van der Waals surface area contributed by atoms with Gasteiger partial charge in [0.05, 0.1) is 0 Å². The lowest BCUT2D eigenvalue weighted by atomic mass is 10.3. The molecule has 4 heteroatoms. The minimum absolute atomic E-state index is 0.151. The number of rotatable bonds is 2. The fraction of sp³-hybridized carbons (Fsp3) is 0.200. The van der Waals surface area contributed by atoms with Crippen LogP contribution in [0.3, 0.4) is 0 Å². The fourth-order valence-corrected chi connectivity index (χ4v) is 1.65. The monoisotopic (exact) mass is 256 g/mol. The van der Waals surface area contributed by atoms with Gasteiger partial charge in [0.1, 0.15) is 0 Å². The molecule has 2 aromatic heterocycles. The molecule has 0 aliphatic carbocycles. The van der Waals surface area contributed by atoms with Crippen LogP contribution in [0.2, 0.25) is 0 Å². The molecule has 0 saturated heterocycles. The third kappa shape index (κ3) is 3.31. The van der Waals surface area contributed by atoms with E-state index in [9.17, 15) is 9.59 Å². The lowest BCUT2D eigenvalue weighted by molar-refractivity contribution is -0.586. The first-order chi connectivity index (χ1) is 9.06. The van der Waals surface area contributed by atoms with Crippen LogP contribution in [0.25, 0.3) is 0 Å². The Balaban J connectivity index is 2.08. The van der Waals surface area contributed by atoms with Crippen molar-refractivity contribution in [1.29, 1.82) is 0 Å². The average Bonchev–Trinajstić information content (AvgIpc) is 2.40. The summed E-state index contributed by atoms with van der Waals surface area (Å²) in [5, 5.41) is 0. The first-order valence-corrected chi connectivity index (χ1v) is 6.08. The van der Waals surface area contributed by atoms with Crippen LogP contribution in [0.1, 0.15) is 27.1 Å². The van der Waals surface area contributed by atoms with E-state index in [0.717, 1.165) is 11.1 Å². The predicted molar refractivity (Wildman–Crippen MR) is 68.6 cm³/mol. The highest BCUT2D eigenvalue weighted by Gasteiger charge is 2.25. The summed E-state index contributed by atoms with van der Waals surface area (Å²) < 4.78 is 2.86. The van der Waals surface area contributed by atoms with Crippen LogP contribution in [-0.2, 0) is 0 Å². The highest BCUT2D eigenvalue weighted by Crippen LogP contribution is 1.93. The van der Waals surface area contributed by atoms with Gasteiger partial charge in [0.15, 0.2) is 24.8 Å². The Bertz CT molecular complexity index is 546. The minimum Gasteiger partial charge on any atom is -0.218 e. The second-order valence-corrected chi connectivity index (χ2v) is 4.53. The molecule has 0 aromatic carbocycles. The van der Waals surface area contributed by atoms with E-state index in [1.165, 1.54) is 9.13 Å². The molecule has 19 heavy (non-hydrogen) atoms. The fourth-order valence-electron chi connectivity index (χ4n) is 1.65. The molecule has 0 aliphatic heterocycles. The molecule has 96 valence electrons. The van der Waals surface area contributed by atoms with Crippen molar-refractivity contribution in [3.63, 3.8) is 0 Å². The smallest absolute Gasteiger partial charge is 0.218 e. The van der Waals surface area contributed by atoms with E-state index < -0.39 is 0 Å². The second kappa shape index (κ2) is 5.52. The summed E-state index contributed by atoms with van der Waals surface area (Å²) in [5.41, 5.74) is 2.14. The Morgan fingerprint density at radius 2 is 1.11 bits per heavy atom. The van der Waals surface area contributed by atoms with E-state index in [4.69, 9.17) is 0 Å². The van der Waals surface area contributed by atoms with Crippen molar-refractivity contribution < 1.29 is 18.7 Å². The Hall–Kier alpha value is -2.36. The molecule has 0 amide bonds. The number of carbonyl (C=O) groups is 2. The Kier molecular flexibility index (Phi) is 3.80. The third-order valence-corrected chi connectivity index (χ3v) is 2.87. The first kappa shape index (κ1) is 13.1. The molecule has 4 nitrogen and oxygen atoms in total. The highest BCUT2D eigenvalue weighted by molar-refractivity contribution is 5.88. The summed E-state index contributed by atoms with van der Waals surface area (Å²) in [5.74, 6) is -0.476. The van der Waals surface area contributed by atoms with Crippen molar-refractivity contribution in [2.75, 3.05) is 0 Å². The number of nitrogens with zero attached hydrogens (tertiary/aromatic N) is 2. The van der Waals surface area contributed by atoms with Crippen molar-refractivity contribution in [2.24, 2.45) is 0 Å². The van der Waals surface area contributed by atoms with Crippen LogP contribution < -0.4 is 9.13 Å². The third-order valence-electron chi connectivity index (χ3n) is 2.87. The van der Waals surface area contributed by atoms with Crippen molar-refractivity contribution in [2.45, 2.75) is 20.3 Å². The maximum Gasteiger partial charge on any atom is 0.406 e. The summed E-state index contributed by atoms with van der Waals surface area (Å²) >= 11 is 0. The average molecular weight is 256 g/mol. The largest absolute Gasteiger partial charge is 0.406 e. The zero-order chi connectivity index (χ0) is 13.8. The normalized spacial score (nSPS) is 10.2. The zero-order valence-corrected chi connectivity index (χ0v) is 11.0. The summed E-state index contributed by atoms with van der Waals surface area (Å²) in [6.07, 6.45) is 6.53. The van der Waals surface area contributed by atoms with Crippen molar-refractivity contribution in [1.82, 2.24) is 0 Å². The Labute approximate surface area is 111 Å². The summed E-state index contributed by atoms with van der Waals surface area (Å²) in [6, 6.07) is 7.34. The van der Waals surface area contributed by atoms with E-state index in [2.05, 4.69) is 0 Å². The van der Waals surface area contributed by atoms with Gasteiger partial charge < -0.3 is 0 Å². The first-order valence-electron chi connectivity index (χ1n) is 6.08. The van der Waals surface area contributed by atoms with Gasteiger partial charge in [-0.15, -0.1) is 9.13 Å². The number of pyridine rings is 2. The Morgan fingerprint density at radius 1 is 0.789 bits per heavy atom. The molecule has 0 spiro atoms. The van der Waals surface area contributed by atoms with Crippen LogP contribution in [0.4, 0.5) is 0 Å². The lowest BCUT2D eigenvalue weighted by Gasteiger charge is -1.94. The second-order valence-electron chi connectivity index (χ2n) is 4.53. The van der Waals surface area contributed by atoms with Gasteiger partial charge in [-0.1, -0.05) is 0 Å². The number of aryl methyl sites for hydroxylation is 2. The van der Waals surface area contributed by atoms with Crippen molar-refractivity contribution >= 4 is 11.8 Å². The van der Waals surface area contributed by atoms with Crippen LogP contribution in [0, 0.1) is 13.8 Å². The molecule has 2 heterocycles. The predicted octanol–water partition coefficient (Wildman–Crippen LogP) is 1.25.